The molecule has 2 N–H and O–H groups in total. The summed E-state index contributed by atoms with van der Waals surface area (Å²) in [5, 5.41) is 16.2. The highest BCUT2D eigenvalue weighted by atomic mass is 16.4. The minimum Gasteiger partial charge on any atom is -0.481 e. The molecule has 0 fully saturated rings. The summed E-state index contributed by atoms with van der Waals surface area (Å²) >= 11 is 0. The number of aromatic nitrogens is 4. The summed E-state index contributed by atoms with van der Waals surface area (Å²) in [7, 11) is 0. The van der Waals surface area contributed by atoms with Gasteiger partial charge in [-0.2, -0.15) is 14.6 Å². The average Bonchev–Trinajstić information content (AvgIpc) is 2.73. The Morgan fingerprint density at radius 3 is 2.94 bits per heavy atom. The molecule has 2 rings (SSSR count). The number of nitrogens with zero attached hydrogens (tertiary/aromatic N) is 4. The van der Waals surface area contributed by atoms with Gasteiger partial charge < -0.3 is 10.4 Å². The highest BCUT2D eigenvalue weighted by Crippen LogP contribution is 2.17. The van der Waals surface area contributed by atoms with Gasteiger partial charge in [0.2, 0.25) is 0 Å². The largest absolute Gasteiger partial charge is 0.481 e. The molecule has 0 aliphatic rings. The Hall–Kier alpha value is -2.18. The van der Waals surface area contributed by atoms with Crippen molar-refractivity contribution in [3.8, 4) is 0 Å². The summed E-state index contributed by atoms with van der Waals surface area (Å²) in [6, 6.07) is 1.81. The molecule has 0 atom stereocenters. The van der Waals surface area contributed by atoms with E-state index in [0.717, 1.165) is 5.69 Å². The molecule has 0 saturated carbocycles. The smallest absolute Gasteiger partial charge is 0.310 e. The number of aryl methyl sites for hydroxylation is 1. The first-order chi connectivity index (χ1) is 8.40. The zero-order valence-electron chi connectivity index (χ0n) is 10.5. The zero-order valence-corrected chi connectivity index (χ0v) is 10.5. The van der Waals surface area contributed by atoms with Crippen molar-refractivity contribution in [2.24, 2.45) is 5.41 Å². The fourth-order valence-electron chi connectivity index (χ4n) is 1.44. The first kappa shape index (κ1) is 12.3. The lowest BCUT2D eigenvalue weighted by Gasteiger charge is -2.20. The normalized spacial score (nSPS) is 11.7. The molecule has 2 aromatic heterocycles. The van der Waals surface area contributed by atoms with Crippen molar-refractivity contribution in [1.82, 2.24) is 19.6 Å². The predicted molar refractivity (Wildman–Crippen MR) is 65.4 cm³/mol. The van der Waals surface area contributed by atoms with E-state index >= 15 is 0 Å². The molecule has 7 heteroatoms. The van der Waals surface area contributed by atoms with Crippen molar-refractivity contribution in [2.75, 3.05) is 11.9 Å². The Kier molecular flexibility index (Phi) is 2.90. The topological polar surface area (TPSA) is 92.4 Å². The molecule has 2 aromatic rings. The van der Waals surface area contributed by atoms with Crippen LogP contribution in [0.25, 0.3) is 5.78 Å². The number of rotatable bonds is 4. The van der Waals surface area contributed by atoms with Crippen LogP contribution in [0.4, 0.5) is 5.82 Å². The van der Waals surface area contributed by atoms with Gasteiger partial charge in [-0.3, -0.25) is 4.79 Å². The summed E-state index contributed by atoms with van der Waals surface area (Å²) in [5.41, 5.74) is -0.0597. The Labute approximate surface area is 104 Å². The van der Waals surface area contributed by atoms with Crippen LogP contribution in [0.3, 0.4) is 0 Å². The third-order valence-corrected chi connectivity index (χ3v) is 2.67. The lowest BCUT2D eigenvalue weighted by Crippen LogP contribution is -2.32. The minimum absolute atomic E-state index is 0.292. The summed E-state index contributed by atoms with van der Waals surface area (Å²) < 4.78 is 1.55. The van der Waals surface area contributed by atoms with Crippen LogP contribution in [-0.2, 0) is 4.79 Å². The van der Waals surface area contributed by atoms with Crippen LogP contribution < -0.4 is 5.32 Å². The first-order valence-corrected chi connectivity index (χ1v) is 5.55. The Bertz CT molecular complexity index is 590. The molecule has 0 unspecified atom stereocenters. The number of anilines is 1. The Balaban J connectivity index is 2.27. The first-order valence-electron chi connectivity index (χ1n) is 5.55. The average molecular weight is 249 g/mol. The maximum Gasteiger partial charge on any atom is 0.310 e. The van der Waals surface area contributed by atoms with Gasteiger partial charge in [-0.25, -0.2) is 4.98 Å². The molecule has 18 heavy (non-hydrogen) atoms. The van der Waals surface area contributed by atoms with Crippen molar-refractivity contribution < 1.29 is 9.90 Å². The fraction of sp³-hybridized carbons (Fsp3) is 0.455. The maximum atomic E-state index is 11.0. The molecule has 0 aliphatic carbocycles. The summed E-state index contributed by atoms with van der Waals surface area (Å²) in [6.07, 6.45) is 1.41. The van der Waals surface area contributed by atoms with Crippen LogP contribution in [-0.4, -0.2) is 37.2 Å². The van der Waals surface area contributed by atoms with Gasteiger partial charge in [0.25, 0.3) is 5.78 Å². The standard InChI is InChI=1S/C11H15N5O2/c1-7-4-8(12-5-11(2,3)9(17)18)16-10(15-7)13-6-14-16/h4,6,12H,5H2,1-3H3,(H,17,18). The second-order valence-electron chi connectivity index (χ2n) is 4.80. The Morgan fingerprint density at radius 1 is 1.56 bits per heavy atom. The number of hydrogen-bond donors (Lipinski definition) is 2. The zero-order chi connectivity index (χ0) is 13.3. The van der Waals surface area contributed by atoms with Crippen molar-refractivity contribution in [1.29, 1.82) is 0 Å². The molecular weight excluding hydrogens is 234 g/mol. The third-order valence-electron chi connectivity index (χ3n) is 2.67. The summed E-state index contributed by atoms with van der Waals surface area (Å²) in [6.45, 7) is 5.47. The highest BCUT2D eigenvalue weighted by molar-refractivity contribution is 5.74. The second kappa shape index (κ2) is 4.25. The van der Waals surface area contributed by atoms with Crippen LogP contribution in [0.1, 0.15) is 19.5 Å². The molecular formula is C11H15N5O2. The van der Waals surface area contributed by atoms with E-state index in [9.17, 15) is 4.79 Å². The monoisotopic (exact) mass is 249 g/mol. The predicted octanol–water partition coefficient (Wildman–Crippen LogP) is 0.955. The van der Waals surface area contributed by atoms with E-state index in [2.05, 4.69) is 20.4 Å². The number of carboxylic acids is 1. The second-order valence-corrected chi connectivity index (χ2v) is 4.80. The molecule has 0 aromatic carbocycles. The molecule has 0 saturated heterocycles. The van der Waals surface area contributed by atoms with Gasteiger partial charge in [-0.05, 0) is 20.8 Å². The third kappa shape index (κ3) is 2.24. The number of carbonyl (C=O) groups is 1. The van der Waals surface area contributed by atoms with Gasteiger partial charge >= 0.3 is 5.97 Å². The summed E-state index contributed by atoms with van der Waals surface area (Å²) in [4.78, 5) is 19.2. The van der Waals surface area contributed by atoms with Crippen molar-refractivity contribution >= 4 is 17.6 Å². The molecule has 7 nitrogen and oxygen atoms in total. The van der Waals surface area contributed by atoms with E-state index in [0.29, 0.717) is 18.1 Å². The van der Waals surface area contributed by atoms with E-state index in [1.165, 1.54) is 6.33 Å². The molecule has 96 valence electrons. The van der Waals surface area contributed by atoms with E-state index in [-0.39, 0.29) is 0 Å². The molecule has 0 amide bonds. The van der Waals surface area contributed by atoms with E-state index in [1.54, 1.807) is 24.4 Å². The van der Waals surface area contributed by atoms with Crippen LogP contribution in [0.5, 0.6) is 0 Å². The van der Waals surface area contributed by atoms with Crippen LogP contribution in [0.2, 0.25) is 0 Å². The van der Waals surface area contributed by atoms with Gasteiger partial charge in [0.1, 0.15) is 12.1 Å². The molecule has 2 heterocycles. The van der Waals surface area contributed by atoms with Crippen molar-refractivity contribution in [3.63, 3.8) is 0 Å². The number of hydrogen-bond acceptors (Lipinski definition) is 5. The van der Waals surface area contributed by atoms with Gasteiger partial charge in [0.15, 0.2) is 0 Å². The van der Waals surface area contributed by atoms with Gasteiger partial charge in [0.05, 0.1) is 5.41 Å². The number of nitrogens with one attached hydrogen (secondary N) is 1. The molecule has 0 bridgehead atoms. The lowest BCUT2D eigenvalue weighted by molar-refractivity contribution is -0.146. The summed E-state index contributed by atoms with van der Waals surface area (Å²) in [5.74, 6) is 0.325. The fourth-order valence-corrected chi connectivity index (χ4v) is 1.44. The quantitative estimate of drug-likeness (QED) is 0.838. The van der Waals surface area contributed by atoms with Gasteiger partial charge in [-0.15, -0.1) is 0 Å². The van der Waals surface area contributed by atoms with Crippen molar-refractivity contribution in [2.45, 2.75) is 20.8 Å². The van der Waals surface area contributed by atoms with Crippen LogP contribution >= 0.6 is 0 Å². The molecule has 0 spiro atoms. The SMILES string of the molecule is Cc1cc(NCC(C)(C)C(=O)O)n2ncnc2n1. The highest BCUT2D eigenvalue weighted by Gasteiger charge is 2.27. The van der Waals surface area contributed by atoms with Gasteiger partial charge in [-0.1, -0.05) is 0 Å². The van der Waals surface area contributed by atoms with Crippen LogP contribution in [0.15, 0.2) is 12.4 Å². The number of fused-ring (bicyclic) bond motifs is 1. The number of aliphatic carboxylic acids is 1. The van der Waals surface area contributed by atoms with Gasteiger partial charge in [0, 0.05) is 18.3 Å². The van der Waals surface area contributed by atoms with Crippen molar-refractivity contribution in [3.05, 3.63) is 18.1 Å². The van der Waals surface area contributed by atoms with E-state index in [4.69, 9.17) is 5.11 Å². The lowest BCUT2D eigenvalue weighted by atomic mass is 9.94. The van der Waals surface area contributed by atoms with Crippen LogP contribution in [0, 0.1) is 12.3 Å². The molecule has 0 aliphatic heterocycles. The van der Waals surface area contributed by atoms with E-state index in [1.807, 2.05) is 6.92 Å². The number of carboxylic acid groups (broad SMARTS) is 1. The maximum absolute atomic E-state index is 11.0. The van der Waals surface area contributed by atoms with E-state index < -0.39 is 11.4 Å². The minimum atomic E-state index is -0.857. The Morgan fingerprint density at radius 2 is 2.28 bits per heavy atom. The molecule has 0 radical (unpaired) electrons.